The van der Waals surface area contributed by atoms with Crippen molar-refractivity contribution >= 4 is 0 Å². The van der Waals surface area contributed by atoms with Crippen LogP contribution in [0.4, 0.5) is 0 Å². The first-order valence-corrected chi connectivity index (χ1v) is 6.62. The topological polar surface area (TPSA) is 29.3 Å². The third-order valence-corrected chi connectivity index (χ3v) is 3.87. The predicted octanol–water partition coefficient (Wildman–Crippen LogP) is 2.43. The lowest BCUT2D eigenvalue weighted by Gasteiger charge is -2.33. The van der Waals surface area contributed by atoms with Gasteiger partial charge < -0.3 is 5.73 Å². The highest BCUT2D eigenvalue weighted by molar-refractivity contribution is 5.16. The maximum atomic E-state index is 6.26. The van der Waals surface area contributed by atoms with Crippen LogP contribution in [0.5, 0.6) is 0 Å². The Bertz CT molecular complexity index is 345. The molecule has 1 heterocycles. The highest BCUT2D eigenvalue weighted by Crippen LogP contribution is 2.28. The van der Waals surface area contributed by atoms with Gasteiger partial charge in [-0.05, 0) is 45.2 Å². The van der Waals surface area contributed by atoms with Crippen molar-refractivity contribution < 1.29 is 0 Å². The van der Waals surface area contributed by atoms with E-state index in [0.29, 0.717) is 5.54 Å². The van der Waals surface area contributed by atoms with Crippen LogP contribution in [0.2, 0.25) is 0 Å². The number of hydrogen-bond donors (Lipinski definition) is 1. The van der Waals surface area contributed by atoms with E-state index in [9.17, 15) is 0 Å². The molecule has 2 N–H and O–H groups in total. The largest absolute Gasteiger partial charge is 0.326 e. The normalized spacial score (nSPS) is 21.6. The molecular weight excluding hydrogens is 208 g/mol. The molecule has 2 rings (SSSR count). The van der Waals surface area contributed by atoms with Gasteiger partial charge in [-0.1, -0.05) is 30.3 Å². The van der Waals surface area contributed by atoms with E-state index in [0.717, 1.165) is 13.0 Å². The number of rotatable bonds is 4. The van der Waals surface area contributed by atoms with Crippen molar-refractivity contribution in [3.63, 3.8) is 0 Å². The van der Waals surface area contributed by atoms with E-state index in [2.05, 4.69) is 49.1 Å². The highest BCUT2D eigenvalue weighted by Gasteiger charge is 2.32. The van der Waals surface area contributed by atoms with Gasteiger partial charge in [-0.3, -0.25) is 4.90 Å². The fourth-order valence-electron chi connectivity index (χ4n) is 2.77. The lowest BCUT2D eigenvalue weighted by Crippen LogP contribution is -2.46. The maximum Gasteiger partial charge on any atom is 0.0208 e. The monoisotopic (exact) mass is 232 g/mol. The molecule has 1 atom stereocenters. The van der Waals surface area contributed by atoms with Crippen molar-refractivity contribution in [2.24, 2.45) is 5.73 Å². The molecule has 0 spiro atoms. The standard InChI is InChI=1S/C15H24N2/c1-15(2)9-6-10-17(15)12-14(16)11-13-7-4-3-5-8-13/h3-5,7-8,14H,6,9-12,16H2,1-2H3/t14-/m1/s1. The Morgan fingerprint density at radius 2 is 2.00 bits per heavy atom. The first kappa shape index (κ1) is 12.6. The molecule has 94 valence electrons. The molecule has 2 heteroatoms. The zero-order valence-electron chi connectivity index (χ0n) is 11.0. The van der Waals surface area contributed by atoms with E-state index in [-0.39, 0.29) is 6.04 Å². The van der Waals surface area contributed by atoms with Crippen LogP contribution >= 0.6 is 0 Å². The molecule has 1 aromatic rings. The average molecular weight is 232 g/mol. The van der Waals surface area contributed by atoms with Crippen molar-refractivity contribution in [2.75, 3.05) is 13.1 Å². The molecule has 0 radical (unpaired) electrons. The molecular formula is C15H24N2. The third kappa shape index (κ3) is 3.30. The molecule has 1 aromatic carbocycles. The zero-order chi connectivity index (χ0) is 12.3. The summed E-state index contributed by atoms with van der Waals surface area (Å²) >= 11 is 0. The summed E-state index contributed by atoms with van der Waals surface area (Å²) in [4.78, 5) is 2.54. The SMILES string of the molecule is CC1(C)CCCN1C[C@H](N)Cc1ccccc1. The summed E-state index contributed by atoms with van der Waals surface area (Å²) in [5, 5.41) is 0. The van der Waals surface area contributed by atoms with Gasteiger partial charge in [-0.15, -0.1) is 0 Å². The van der Waals surface area contributed by atoms with Gasteiger partial charge in [0.05, 0.1) is 0 Å². The van der Waals surface area contributed by atoms with Gasteiger partial charge in [0.1, 0.15) is 0 Å². The molecule has 1 aliphatic heterocycles. The molecule has 0 aromatic heterocycles. The van der Waals surface area contributed by atoms with E-state index >= 15 is 0 Å². The number of hydrogen-bond acceptors (Lipinski definition) is 2. The Hall–Kier alpha value is -0.860. The van der Waals surface area contributed by atoms with E-state index in [4.69, 9.17) is 5.73 Å². The Labute approximate surface area is 105 Å². The van der Waals surface area contributed by atoms with Crippen LogP contribution in [0.25, 0.3) is 0 Å². The van der Waals surface area contributed by atoms with Crippen LogP contribution in [0.3, 0.4) is 0 Å². The average Bonchev–Trinajstić information content (AvgIpc) is 2.59. The minimum atomic E-state index is 0.245. The van der Waals surface area contributed by atoms with Crippen molar-refractivity contribution in [1.82, 2.24) is 4.90 Å². The van der Waals surface area contributed by atoms with Gasteiger partial charge in [0.25, 0.3) is 0 Å². The first-order chi connectivity index (χ1) is 8.08. The van der Waals surface area contributed by atoms with Gasteiger partial charge >= 0.3 is 0 Å². The van der Waals surface area contributed by atoms with E-state index in [1.54, 1.807) is 0 Å². The van der Waals surface area contributed by atoms with Crippen LogP contribution < -0.4 is 5.73 Å². The second kappa shape index (κ2) is 5.19. The summed E-state index contributed by atoms with van der Waals surface area (Å²) in [5.74, 6) is 0. The Morgan fingerprint density at radius 3 is 2.59 bits per heavy atom. The van der Waals surface area contributed by atoms with Gasteiger partial charge in [0.15, 0.2) is 0 Å². The van der Waals surface area contributed by atoms with Crippen LogP contribution in [0.15, 0.2) is 30.3 Å². The molecule has 17 heavy (non-hydrogen) atoms. The summed E-state index contributed by atoms with van der Waals surface area (Å²) < 4.78 is 0. The van der Waals surface area contributed by atoms with Gasteiger partial charge in [-0.2, -0.15) is 0 Å². The quantitative estimate of drug-likeness (QED) is 0.864. The Kier molecular flexibility index (Phi) is 3.85. The number of benzene rings is 1. The van der Waals surface area contributed by atoms with Crippen molar-refractivity contribution in [3.8, 4) is 0 Å². The second-order valence-electron chi connectivity index (χ2n) is 5.81. The van der Waals surface area contributed by atoms with E-state index in [1.165, 1.54) is 24.9 Å². The lowest BCUT2D eigenvalue weighted by molar-refractivity contribution is 0.164. The van der Waals surface area contributed by atoms with Gasteiger partial charge in [0.2, 0.25) is 0 Å². The third-order valence-electron chi connectivity index (χ3n) is 3.87. The number of nitrogens with two attached hydrogens (primary N) is 1. The summed E-state index contributed by atoms with van der Waals surface area (Å²) in [6.07, 6.45) is 3.59. The lowest BCUT2D eigenvalue weighted by atomic mass is 10.0. The fraction of sp³-hybridized carbons (Fsp3) is 0.600. The molecule has 0 aliphatic carbocycles. The van der Waals surface area contributed by atoms with Crippen LogP contribution in [-0.2, 0) is 6.42 Å². The molecule has 0 bridgehead atoms. The van der Waals surface area contributed by atoms with Crippen LogP contribution in [-0.4, -0.2) is 29.6 Å². The first-order valence-electron chi connectivity index (χ1n) is 6.62. The second-order valence-corrected chi connectivity index (χ2v) is 5.81. The highest BCUT2D eigenvalue weighted by atomic mass is 15.2. The summed E-state index contributed by atoms with van der Waals surface area (Å²) in [5.41, 5.74) is 7.95. The van der Waals surface area contributed by atoms with Crippen molar-refractivity contribution in [2.45, 2.75) is 44.7 Å². The molecule has 0 amide bonds. The van der Waals surface area contributed by atoms with Crippen molar-refractivity contribution in [1.29, 1.82) is 0 Å². The fourth-order valence-corrected chi connectivity index (χ4v) is 2.77. The van der Waals surface area contributed by atoms with Gasteiger partial charge in [-0.25, -0.2) is 0 Å². The molecule has 2 nitrogen and oxygen atoms in total. The number of likely N-dealkylation sites (tertiary alicyclic amines) is 1. The van der Waals surface area contributed by atoms with E-state index in [1.807, 2.05) is 0 Å². The Morgan fingerprint density at radius 1 is 1.29 bits per heavy atom. The number of nitrogens with zero attached hydrogens (tertiary/aromatic N) is 1. The smallest absolute Gasteiger partial charge is 0.0208 e. The molecule has 1 saturated heterocycles. The summed E-state index contributed by atoms with van der Waals surface area (Å²) in [6.45, 7) is 6.88. The zero-order valence-corrected chi connectivity index (χ0v) is 11.0. The molecule has 1 fully saturated rings. The summed E-state index contributed by atoms with van der Waals surface area (Å²) in [6, 6.07) is 10.8. The van der Waals surface area contributed by atoms with Crippen molar-refractivity contribution in [3.05, 3.63) is 35.9 Å². The van der Waals surface area contributed by atoms with Crippen LogP contribution in [0, 0.1) is 0 Å². The summed E-state index contributed by atoms with van der Waals surface area (Å²) in [7, 11) is 0. The van der Waals surface area contributed by atoms with Gasteiger partial charge in [0, 0.05) is 18.1 Å². The minimum Gasteiger partial charge on any atom is -0.326 e. The van der Waals surface area contributed by atoms with E-state index < -0.39 is 0 Å². The predicted molar refractivity (Wildman–Crippen MR) is 73.0 cm³/mol. The molecule has 0 saturated carbocycles. The molecule has 1 aliphatic rings. The minimum absolute atomic E-state index is 0.245. The Balaban J connectivity index is 1.87. The molecule has 0 unspecified atom stereocenters. The maximum absolute atomic E-state index is 6.26. The van der Waals surface area contributed by atoms with Crippen LogP contribution in [0.1, 0.15) is 32.3 Å².